The molecule has 1 N–H and O–H groups in total. The lowest BCUT2D eigenvalue weighted by atomic mass is 10.0. The van der Waals surface area contributed by atoms with Crippen LogP contribution in [0.5, 0.6) is 0 Å². The van der Waals surface area contributed by atoms with Crippen molar-refractivity contribution < 1.29 is 52.1 Å². The lowest BCUT2D eigenvalue weighted by molar-refractivity contribution is -0.279. The summed E-state index contributed by atoms with van der Waals surface area (Å²) >= 11 is 0. The number of aliphatic hydroxyl groups is 1. The van der Waals surface area contributed by atoms with Gasteiger partial charge in [-0.15, -0.1) is 0 Å². The third-order valence-corrected chi connectivity index (χ3v) is 7.23. The maximum Gasteiger partial charge on any atom is 0.363 e. The molecule has 2 aromatic carbocycles. The quantitative estimate of drug-likeness (QED) is 0.272. The zero-order valence-corrected chi connectivity index (χ0v) is 21.4. The van der Waals surface area contributed by atoms with E-state index in [2.05, 4.69) is 0 Å². The highest BCUT2D eigenvalue weighted by molar-refractivity contribution is 7.54. The van der Waals surface area contributed by atoms with Crippen LogP contribution in [-0.4, -0.2) is 53.5 Å². The smallest absolute Gasteiger partial charge is 0.363 e. The van der Waals surface area contributed by atoms with E-state index in [1.807, 2.05) is 0 Å². The van der Waals surface area contributed by atoms with Gasteiger partial charge in [0.1, 0.15) is 0 Å². The van der Waals surface area contributed by atoms with E-state index in [9.17, 15) is 24.1 Å². The van der Waals surface area contributed by atoms with Gasteiger partial charge in [-0.1, -0.05) is 60.7 Å². The van der Waals surface area contributed by atoms with E-state index in [0.717, 1.165) is 20.8 Å². The molecule has 0 aromatic heterocycles. The molecule has 1 heterocycles. The first-order valence-corrected chi connectivity index (χ1v) is 13.0. The molecule has 0 spiro atoms. The number of carbonyl (C=O) groups is 3. The fourth-order valence-corrected chi connectivity index (χ4v) is 5.58. The Morgan fingerprint density at radius 1 is 0.730 bits per heavy atom. The summed E-state index contributed by atoms with van der Waals surface area (Å²) in [5.74, 6) is -4.24. The number of rotatable bonds is 10. The van der Waals surface area contributed by atoms with Gasteiger partial charge in [0, 0.05) is 20.8 Å². The average molecular weight is 536 g/mol. The van der Waals surface area contributed by atoms with Crippen molar-refractivity contribution in [3.8, 4) is 0 Å². The van der Waals surface area contributed by atoms with Gasteiger partial charge in [0.25, 0.3) is 0 Å². The predicted molar refractivity (Wildman–Crippen MR) is 128 cm³/mol. The Morgan fingerprint density at radius 3 is 1.57 bits per heavy atom. The van der Waals surface area contributed by atoms with E-state index in [1.54, 1.807) is 60.7 Å². The highest BCUT2D eigenvalue weighted by Gasteiger charge is 2.58. The van der Waals surface area contributed by atoms with Crippen LogP contribution in [-0.2, 0) is 60.2 Å². The normalized spacial score (nSPS) is 23.6. The van der Waals surface area contributed by atoms with Crippen molar-refractivity contribution in [2.24, 2.45) is 0 Å². The molecule has 1 saturated heterocycles. The number of benzene rings is 2. The second kappa shape index (κ2) is 12.9. The van der Waals surface area contributed by atoms with Crippen LogP contribution in [0.15, 0.2) is 60.7 Å². The van der Waals surface area contributed by atoms with Crippen molar-refractivity contribution in [2.45, 2.75) is 64.4 Å². The van der Waals surface area contributed by atoms with Crippen LogP contribution in [0.4, 0.5) is 0 Å². The summed E-state index contributed by atoms with van der Waals surface area (Å²) in [6, 6.07) is 17.6. The number of carbonyl (C=O) groups excluding carboxylic acids is 3. The Kier molecular flexibility index (Phi) is 9.96. The average Bonchev–Trinajstić information content (AvgIpc) is 2.86. The predicted octanol–water partition coefficient (Wildman–Crippen LogP) is 3.08. The Hall–Kier alpha value is -3.08. The van der Waals surface area contributed by atoms with Crippen molar-refractivity contribution in [1.82, 2.24) is 0 Å². The fraction of sp³-hybridized carbons (Fsp3) is 0.400. The van der Waals surface area contributed by atoms with Gasteiger partial charge in [-0.3, -0.25) is 18.9 Å². The van der Waals surface area contributed by atoms with Gasteiger partial charge in [0.15, 0.2) is 24.6 Å². The molecule has 200 valence electrons. The Balaban J connectivity index is 2.00. The summed E-state index contributed by atoms with van der Waals surface area (Å²) < 4.78 is 47.1. The zero-order chi connectivity index (χ0) is 27.0. The minimum Gasteiger partial charge on any atom is -0.455 e. The lowest BCUT2D eigenvalue weighted by Gasteiger charge is -2.44. The lowest BCUT2D eigenvalue weighted by Crippen LogP contribution is -2.61. The minimum absolute atomic E-state index is 0.179. The van der Waals surface area contributed by atoms with Crippen molar-refractivity contribution in [3.63, 3.8) is 0 Å². The first-order chi connectivity index (χ1) is 17.6. The number of hydrogen-bond acceptors (Lipinski definition) is 11. The number of aliphatic hydroxyl groups excluding tert-OH is 1. The largest absolute Gasteiger partial charge is 0.455 e. The van der Waals surface area contributed by atoms with Crippen LogP contribution < -0.4 is 0 Å². The van der Waals surface area contributed by atoms with Gasteiger partial charge < -0.3 is 33.1 Å². The van der Waals surface area contributed by atoms with Gasteiger partial charge in [-0.2, -0.15) is 0 Å². The van der Waals surface area contributed by atoms with Gasteiger partial charge in [-0.05, 0) is 11.1 Å². The molecule has 2 aromatic rings. The molecule has 0 saturated carbocycles. The van der Waals surface area contributed by atoms with Crippen LogP contribution in [0.1, 0.15) is 31.9 Å². The third-order valence-electron chi connectivity index (χ3n) is 5.21. The second-order valence-electron chi connectivity index (χ2n) is 8.20. The molecule has 0 amide bonds. The Bertz CT molecular complexity index is 1060. The third kappa shape index (κ3) is 7.95. The maximum atomic E-state index is 14.3. The number of esters is 3. The maximum absolute atomic E-state index is 14.3. The van der Waals surface area contributed by atoms with Gasteiger partial charge in [-0.25, -0.2) is 0 Å². The molecule has 0 radical (unpaired) electrons. The van der Waals surface area contributed by atoms with Crippen molar-refractivity contribution >= 4 is 25.5 Å². The monoisotopic (exact) mass is 536 g/mol. The molecule has 12 heteroatoms. The molecular formula is C25H29O11P. The fourth-order valence-electron chi connectivity index (χ4n) is 3.68. The summed E-state index contributed by atoms with van der Waals surface area (Å²) in [4.78, 5) is 35.6. The molecule has 5 atom stereocenters. The van der Waals surface area contributed by atoms with Crippen molar-refractivity contribution in [3.05, 3.63) is 71.8 Å². The van der Waals surface area contributed by atoms with Crippen LogP contribution in [0.25, 0.3) is 0 Å². The molecule has 11 nitrogen and oxygen atoms in total. The van der Waals surface area contributed by atoms with E-state index in [-0.39, 0.29) is 13.2 Å². The zero-order valence-electron chi connectivity index (χ0n) is 20.6. The molecule has 0 aliphatic carbocycles. The molecular weight excluding hydrogens is 507 g/mol. The summed E-state index contributed by atoms with van der Waals surface area (Å²) in [6.07, 6.45) is -6.70. The van der Waals surface area contributed by atoms with Crippen molar-refractivity contribution in [2.75, 3.05) is 0 Å². The number of hydrogen-bond donors (Lipinski definition) is 1. The molecule has 0 bridgehead atoms. The molecule has 0 unspecified atom stereocenters. The second-order valence-corrected chi connectivity index (χ2v) is 10.3. The van der Waals surface area contributed by atoms with E-state index in [1.165, 1.54) is 0 Å². The van der Waals surface area contributed by atoms with Crippen molar-refractivity contribution in [1.29, 1.82) is 0 Å². The molecule has 37 heavy (non-hydrogen) atoms. The summed E-state index contributed by atoms with van der Waals surface area (Å²) in [7, 11) is -4.41. The molecule has 1 fully saturated rings. The van der Waals surface area contributed by atoms with Crippen LogP contribution in [0.2, 0.25) is 0 Å². The van der Waals surface area contributed by atoms with E-state index >= 15 is 0 Å². The van der Waals surface area contributed by atoms with Gasteiger partial charge >= 0.3 is 25.5 Å². The topological polar surface area (TPSA) is 144 Å². The molecule has 1 aliphatic rings. The Labute approximate surface area is 214 Å². The first kappa shape index (κ1) is 28.5. The molecule has 1 aliphatic heterocycles. The summed E-state index contributed by atoms with van der Waals surface area (Å²) in [5.41, 5.74) is 1.31. The first-order valence-electron chi connectivity index (χ1n) is 11.4. The van der Waals surface area contributed by atoms with Gasteiger partial charge in [0.05, 0.1) is 13.2 Å². The van der Waals surface area contributed by atoms with Crippen LogP contribution >= 0.6 is 7.60 Å². The highest BCUT2D eigenvalue weighted by atomic mass is 31.2. The van der Waals surface area contributed by atoms with Crippen LogP contribution in [0, 0.1) is 0 Å². The summed E-state index contributed by atoms with van der Waals surface area (Å²) in [5, 5.41) is 10.7. The SMILES string of the molecule is CC(=O)O[C@@H]1[C@@H](OC(C)=O)[C@@H](O)O[C@H](P(=O)(OCc2ccccc2)OCc2ccccc2)[C@H]1OC(C)=O. The van der Waals surface area contributed by atoms with E-state index < -0.39 is 56.0 Å². The van der Waals surface area contributed by atoms with Crippen LogP contribution in [0.3, 0.4) is 0 Å². The Morgan fingerprint density at radius 2 is 1.14 bits per heavy atom. The number of ether oxygens (including phenoxy) is 4. The standard InChI is InChI=1S/C25H29O11P/c1-16(26)33-21-22(34-17(2)27)24(29)36-25(23(21)35-18(3)28)37(30,31-14-19-10-6-4-7-11-19)32-15-20-12-8-5-9-13-20/h4-13,21-25,29H,14-15H2,1-3H3/t21-,22-,23+,24+,25-/m1/s1. The minimum atomic E-state index is -4.41. The van der Waals surface area contributed by atoms with E-state index in [0.29, 0.717) is 11.1 Å². The summed E-state index contributed by atoms with van der Waals surface area (Å²) in [6.45, 7) is 2.86. The van der Waals surface area contributed by atoms with E-state index in [4.69, 9.17) is 28.0 Å². The molecule has 3 rings (SSSR count). The highest BCUT2D eigenvalue weighted by Crippen LogP contribution is 2.58. The van der Waals surface area contributed by atoms with Gasteiger partial charge in [0.2, 0.25) is 5.85 Å².